The van der Waals surface area contributed by atoms with Gasteiger partial charge in [-0.3, -0.25) is 9.20 Å². The van der Waals surface area contributed by atoms with Crippen LogP contribution in [0.15, 0.2) is 30.5 Å². The Balaban J connectivity index is 1.81. The van der Waals surface area contributed by atoms with Crippen molar-refractivity contribution in [2.75, 3.05) is 19.7 Å². The lowest BCUT2D eigenvalue weighted by Gasteiger charge is -2.30. The van der Waals surface area contributed by atoms with Gasteiger partial charge in [-0.15, -0.1) is 0 Å². The predicted molar refractivity (Wildman–Crippen MR) is 81.2 cm³/mol. The number of rotatable bonds is 2. The van der Waals surface area contributed by atoms with Crippen molar-refractivity contribution >= 4 is 29.2 Å². The molecular formula is C15H16ClN3O2. The van der Waals surface area contributed by atoms with Gasteiger partial charge in [0.2, 0.25) is 5.91 Å². The lowest BCUT2D eigenvalue weighted by atomic mass is 10.3. The van der Waals surface area contributed by atoms with E-state index in [9.17, 15) is 4.79 Å². The van der Waals surface area contributed by atoms with Gasteiger partial charge in [0.25, 0.3) is 0 Å². The van der Waals surface area contributed by atoms with Crippen molar-refractivity contribution in [2.24, 2.45) is 0 Å². The molecule has 1 unspecified atom stereocenters. The van der Waals surface area contributed by atoms with Crippen molar-refractivity contribution in [1.82, 2.24) is 14.3 Å². The first-order valence-corrected chi connectivity index (χ1v) is 7.24. The number of carbonyl (C=O) groups is 1. The molecule has 0 saturated carbocycles. The second-order valence-corrected chi connectivity index (χ2v) is 5.37. The topological polar surface area (TPSA) is 46.8 Å². The number of carbonyl (C=O) groups excluding carboxylic acids is 1. The van der Waals surface area contributed by atoms with Gasteiger partial charge in [-0.2, -0.15) is 0 Å². The van der Waals surface area contributed by atoms with Gasteiger partial charge in [-0.05, 0) is 25.1 Å². The Kier molecular flexibility index (Phi) is 3.94. The van der Waals surface area contributed by atoms with Gasteiger partial charge in [0.05, 0.1) is 18.4 Å². The fourth-order valence-electron chi connectivity index (χ4n) is 2.41. The van der Waals surface area contributed by atoms with Crippen molar-refractivity contribution in [3.8, 4) is 0 Å². The van der Waals surface area contributed by atoms with Crippen LogP contribution in [-0.4, -0.2) is 46.0 Å². The van der Waals surface area contributed by atoms with Gasteiger partial charge in [0.1, 0.15) is 5.65 Å². The maximum absolute atomic E-state index is 12.2. The van der Waals surface area contributed by atoms with Crippen LogP contribution in [0.1, 0.15) is 12.6 Å². The quantitative estimate of drug-likeness (QED) is 0.800. The van der Waals surface area contributed by atoms with Crippen LogP contribution < -0.4 is 0 Å². The summed E-state index contributed by atoms with van der Waals surface area (Å²) in [6.45, 7) is 3.78. The fraction of sp³-hybridized carbons (Fsp3) is 0.333. The molecule has 0 bridgehead atoms. The summed E-state index contributed by atoms with van der Waals surface area (Å²) in [5, 5.41) is 0.389. The molecule has 0 spiro atoms. The third kappa shape index (κ3) is 2.94. The first kappa shape index (κ1) is 14.1. The van der Waals surface area contributed by atoms with E-state index in [-0.39, 0.29) is 12.0 Å². The molecule has 2 aromatic heterocycles. The molecule has 0 radical (unpaired) electrons. The number of pyridine rings is 1. The average molecular weight is 306 g/mol. The molecule has 110 valence electrons. The van der Waals surface area contributed by atoms with E-state index in [0.717, 1.165) is 5.65 Å². The maximum atomic E-state index is 12.2. The maximum Gasteiger partial charge on any atom is 0.246 e. The Morgan fingerprint density at radius 3 is 3.19 bits per heavy atom. The van der Waals surface area contributed by atoms with Crippen LogP contribution in [0, 0.1) is 0 Å². The van der Waals surface area contributed by atoms with Crippen molar-refractivity contribution in [2.45, 2.75) is 13.0 Å². The number of aromatic nitrogens is 2. The van der Waals surface area contributed by atoms with Crippen molar-refractivity contribution in [3.63, 3.8) is 0 Å². The molecule has 0 N–H and O–H groups in total. The summed E-state index contributed by atoms with van der Waals surface area (Å²) in [6.07, 6.45) is 5.20. The standard InChI is InChI=1S/C15H16ClN3O2/c1-11-10-18(8-9-21-11)14(20)6-5-12-15(16)17-13-4-2-3-7-19(12)13/h2-7,11H,8-10H2,1H3. The van der Waals surface area contributed by atoms with E-state index in [2.05, 4.69) is 4.98 Å². The van der Waals surface area contributed by atoms with Crippen LogP contribution in [-0.2, 0) is 9.53 Å². The first-order chi connectivity index (χ1) is 10.1. The molecule has 21 heavy (non-hydrogen) atoms. The van der Waals surface area contributed by atoms with E-state index >= 15 is 0 Å². The lowest BCUT2D eigenvalue weighted by Crippen LogP contribution is -2.43. The van der Waals surface area contributed by atoms with E-state index in [4.69, 9.17) is 16.3 Å². The summed E-state index contributed by atoms with van der Waals surface area (Å²) in [5.41, 5.74) is 1.47. The smallest absolute Gasteiger partial charge is 0.246 e. The second kappa shape index (κ2) is 5.87. The van der Waals surface area contributed by atoms with Crippen molar-refractivity contribution < 1.29 is 9.53 Å². The number of nitrogens with zero attached hydrogens (tertiary/aromatic N) is 3. The lowest BCUT2D eigenvalue weighted by molar-refractivity contribution is -0.132. The Hall–Kier alpha value is -1.85. The number of ether oxygens (including phenoxy) is 1. The highest BCUT2D eigenvalue weighted by Gasteiger charge is 2.19. The number of hydrogen-bond donors (Lipinski definition) is 0. The van der Waals surface area contributed by atoms with Gasteiger partial charge in [-0.1, -0.05) is 17.7 Å². The Morgan fingerprint density at radius 1 is 1.52 bits per heavy atom. The van der Waals surface area contributed by atoms with Crippen LogP contribution in [0.25, 0.3) is 11.7 Å². The number of hydrogen-bond acceptors (Lipinski definition) is 3. The number of halogens is 1. The van der Waals surface area contributed by atoms with Crippen LogP contribution in [0.2, 0.25) is 5.15 Å². The average Bonchev–Trinajstić information content (AvgIpc) is 2.80. The molecule has 0 aromatic carbocycles. The third-order valence-electron chi connectivity index (χ3n) is 3.46. The number of imidazole rings is 1. The molecule has 5 nitrogen and oxygen atoms in total. The summed E-state index contributed by atoms with van der Waals surface area (Å²) < 4.78 is 7.29. The van der Waals surface area contributed by atoms with Crippen molar-refractivity contribution in [3.05, 3.63) is 41.3 Å². The zero-order valence-electron chi connectivity index (χ0n) is 11.7. The minimum absolute atomic E-state index is 0.0351. The van der Waals surface area contributed by atoms with Gasteiger partial charge in [-0.25, -0.2) is 4.98 Å². The van der Waals surface area contributed by atoms with Crippen LogP contribution in [0.3, 0.4) is 0 Å². The molecule has 1 aliphatic rings. The van der Waals surface area contributed by atoms with E-state index in [1.54, 1.807) is 17.1 Å². The molecule has 6 heteroatoms. The first-order valence-electron chi connectivity index (χ1n) is 6.86. The largest absolute Gasteiger partial charge is 0.375 e. The molecule has 2 aromatic rings. The summed E-state index contributed by atoms with van der Waals surface area (Å²) in [5.74, 6) is -0.0351. The Bertz CT molecular complexity index is 695. The highest BCUT2D eigenvalue weighted by atomic mass is 35.5. The Labute approximate surface area is 127 Å². The molecule has 0 aliphatic carbocycles. The van der Waals surface area contributed by atoms with Crippen molar-refractivity contribution in [1.29, 1.82) is 0 Å². The normalized spacial score (nSPS) is 19.5. The zero-order valence-corrected chi connectivity index (χ0v) is 12.5. The van der Waals surface area contributed by atoms with Gasteiger partial charge >= 0.3 is 0 Å². The highest BCUT2D eigenvalue weighted by molar-refractivity contribution is 6.31. The van der Waals surface area contributed by atoms with Gasteiger partial charge < -0.3 is 9.64 Å². The molecule has 1 saturated heterocycles. The number of morpholine rings is 1. The molecule has 1 aliphatic heterocycles. The second-order valence-electron chi connectivity index (χ2n) is 5.02. The van der Waals surface area contributed by atoms with E-state index < -0.39 is 0 Å². The highest BCUT2D eigenvalue weighted by Crippen LogP contribution is 2.19. The monoisotopic (exact) mass is 305 g/mol. The Morgan fingerprint density at radius 2 is 2.38 bits per heavy atom. The number of amides is 1. The van der Waals surface area contributed by atoms with Crippen LogP contribution >= 0.6 is 11.6 Å². The third-order valence-corrected chi connectivity index (χ3v) is 3.74. The summed E-state index contributed by atoms with van der Waals surface area (Å²) in [6, 6.07) is 5.66. The van der Waals surface area contributed by atoms with E-state index in [1.165, 1.54) is 0 Å². The predicted octanol–water partition coefficient (Wildman–Crippen LogP) is 2.25. The van der Waals surface area contributed by atoms with E-state index in [0.29, 0.717) is 30.5 Å². The summed E-state index contributed by atoms with van der Waals surface area (Å²) >= 11 is 6.13. The van der Waals surface area contributed by atoms with Gasteiger partial charge in [0, 0.05) is 25.4 Å². The summed E-state index contributed by atoms with van der Waals surface area (Å²) in [7, 11) is 0. The number of fused-ring (bicyclic) bond motifs is 1. The SMILES string of the molecule is CC1CN(C(=O)C=Cc2c(Cl)nc3ccccn23)CCO1. The van der Waals surface area contributed by atoms with Gasteiger partial charge in [0.15, 0.2) is 5.15 Å². The van der Waals surface area contributed by atoms with Crippen LogP contribution in [0.4, 0.5) is 0 Å². The molecule has 3 rings (SSSR count). The zero-order chi connectivity index (χ0) is 14.8. The minimum atomic E-state index is -0.0351. The molecule has 3 heterocycles. The summed E-state index contributed by atoms with van der Waals surface area (Å²) in [4.78, 5) is 18.2. The fourth-order valence-corrected chi connectivity index (χ4v) is 2.65. The minimum Gasteiger partial charge on any atom is -0.375 e. The molecule has 1 fully saturated rings. The van der Waals surface area contributed by atoms with Crippen LogP contribution in [0.5, 0.6) is 0 Å². The molecular weight excluding hydrogens is 290 g/mol. The molecule has 1 atom stereocenters. The van der Waals surface area contributed by atoms with E-state index in [1.807, 2.05) is 35.7 Å². The molecule has 1 amide bonds.